The number of anilines is 2. The van der Waals surface area contributed by atoms with Crippen LogP contribution in [0.1, 0.15) is 64.2 Å². The molecule has 0 bridgehead atoms. The molecular weight excluding hydrogens is 386 g/mol. The third kappa shape index (κ3) is 3.98. The van der Waals surface area contributed by atoms with Crippen molar-refractivity contribution in [3.63, 3.8) is 0 Å². The maximum Gasteiger partial charge on any atom is 0.172 e. The molecule has 7 nitrogen and oxygen atoms in total. The van der Waals surface area contributed by atoms with Gasteiger partial charge < -0.3 is 14.4 Å². The van der Waals surface area contributed by atoms with Gasteiger partial charge in [-0.2, -0.15) is 0 Å². The lowest BCUT2D eigenvalue weighted by Gasteiger charge is -2.37. The zero-order valence-electron chi connectivity index (χ0n) is 18.9. The van der Waals surface area contributed by atoms with Crippen molar-refractivity contribution in [2.24, 2.45) is 5.92 Å². The van der Waals surface area contributed by atoms with E-state index in [0.29, 0.717) is 12.0 Å². The molecule has 7 heteroatoms. The minimum atomic E-state index is 0.362. The Balaban J connectivity index is 1.50. The zero-order valence-corrected chi connectivity index (χ0v) is 18.9. The van der Waals surface area contributed by atoms with E-state index in [2.05, 4.69) is 63.5 Å². The van der Waals surface area contributed by atoms with Crippen molar-refractivity contribution in [3.05, 3.63) is 36.4 Å². The van der Waals surface area contributed by atoms with Gasteiger partial charge in [-0.3, -0.25) is 0 Å². The number of benzene rings is 1. The fourth-order valence-corrected chi connectivity index (χ4v) is 4.95. The van der Waals surface area contributed by atoms with Crippen LogP contribution in [-0.4, -0.2) is 50.9 Å². The van der Waals surface area contributed by atoms with Crippen molar-refractivity contribution >= 4 is 22.7 Å². The van der Waals surface area contributed by atoms with Crippen LogP contribution in [0, 0.1) is 5.92 Å². The molecule has 0 saturated carbocycles. The maximum absolute atomic E-state index is 5.15. The Morgan fingerprint density at radius 1 is 0.903 bits per heavy atom. The van der Waals surface area contributed by atoms with E-state index in [1.54, 1.807) is 0 Å². The minimum Gasteiger partial charge on any atom is -0.354 e. The van der Waals surface area contributed by atoms with Gasteiger partial charge >= 0.3 is 0 Å². The molecule has 5 rings (SSSR count). The lowest BCUT2D eigenvalue weighted by molar-refractivity contribution is 0.434. The van der Waals surface area contributed by atoms with Crippen molar-refractivity contribution in [2.45, 2.75) is 58.4 Å². The molecule has 1 atom stereocenters. The SMILES string of the molecule is CC1CCN(c2nc3ccccc3nc2N2CCCC(c3nncn3C(C)C)C2)CC1. The normalized spacial score (nSPS) is 20.7. The Kier molecular flexibility index (Phi) is 5.50. The summed E-state index contributed by atoms with van der Waals surface area (Å²) in [5, 5.41) is 8.71. The molecule has 0 radical (unpaired) electrons. The first kappa shape index (κ1) is 20.2. The number of fused-ring (bicyclic) bond motifs is 1. The molecule has 0 aliphatic carbocycles. The lowest BCUT2D eigenvalue weighted by Crippen LogP contribution is -2.39. The van der Waals surface area contributed by atoms with Gasteiger partial charge in [0, 0.05) is 38.1 Å². The van der Waals surface area contributed by atoms with E-state index in [1.165, 1.54) is 12.8 Å². The standard InChI is InChI=1S/C24H33N7/c1-17(2)31-16-25-28-22(31)19-7-6-12-30(15-19)24-23(29-13-10-18(3)11-14-29)26-20-8-4-5-9-21(20)27-24/h4-5,8-9,16-19H,6-7,10-15H2,1-3H3. The molecule has 1 unspecified atom stereocenters. The average molecular weight is 420 g/mol. The first-order valence-corrected chi connectivity index (χ1v) is 11.8. The predicted molar refractivity (Wildman–Crippen MR) is 125 cm³/mol. The summed E-state index contributed by atoms with van der Waals surface area (Å²) in [6.07, 6.45) is 6.57. The highest BCUT2D eigenvalue weighted by Crippen LogP contribution is 2.35. The summed E-state index contributed by atoms with van der Waals surface area (Å²) in [5.74, 6) is 4.34. The van der Waals surface area contributed by atoms with Crippen LogP contribution in [0.25, 0.3) is 11.0 Å². The molecule has 2 aliphatic heterocycles. The Morgan fingerprint density at radius 3 is 2.26 bits per heavy atom. The Bertz CT molecular complexity index is 1040. The summed E-state index contributed by atoms with van der Waals surface area (Å²) in [7, 11) is 0. The topological polar surface area (TPSA) is 63.0 Å². The minimum absolute atomic E-state index is 0.362. The van der Waals surface area contributed by atoms with Crippen LogP contribution < -0.4 is 9.80 Å². The number of hydrogen-bond acceptors (Lipinski definition) is 6. The average Bonchev–Trinajstić information content (AvgIpc) is 3.29. The smallest absolute Gasteiger partial charge is 0.172 e. The monoisotopic (exact) mass is 419 g/mol. The summed E-state index contributed by atoms with van der Waals surface area (Å²) in [6.45, 7) is 10.8. The predicted octanol–water partition coefficient (Wildman–Crippen LogP) is 4.42. The molecule has 31 heavy (non-hydrogen) atoms. The van der Waals surface area contributed by atoms with Gasteiger partial charge in [0.2, 0.25) is 0 Å². The van der Waals surface area contributed by atoms with E-state index < -0.39 is 0 Å². The number of para-hydroxylation sites is 2. The van der Waals surface area contributed by atoms with Gasteiger partial charge in [-0.1, -0.05) is 19.1 Å². The second-order valence-electron chi connectivity index (χ2n) is 9.50. The van der Waals surface area contributed by atoms with Crippen LogP contribution in [0.5, 0.6) is 0 Å². The third-order valence-electron chi connectivity index (χ3n) is 6.86. The molecule has 164 valence electrons. The van der Waals surface area contributed by atoms with Crippen molar-refractivity contribution in [1.82, 2.24) is 24.7 Å². The highest BCUT2D eigenvalue weighted by atomic mass is 15.3. The molecular formula is C24H33N7. The van der Waals surface area contributed by atoms with Crippen LogP contribution in [0.3, 0.4) is 0 Å². The van der Waals surface area contributed by atoms with Crippen LogP contribution in [0.4, 0.5) is 11.6 Å². The van der Waals surface area contributed by atoms with Crippen molar-refractivity contribution < 1.29 is 0 Å². The Hall–Kier alpha value is -2.70. The van der Waals surface area contributed by atoms with Crippen LogP contribution in [0.15, 0.2) is 30.6 Å². The number of rotatable bonds is 4. The van der Waals surface area contributed by atoms with Gasteiger partial charge in [0.05, 0.1) is 11.0 Å². The Labute approximate surface area is 184 Å². The van der Waals surface area contributed by atoms with Gasteiger partial charge in [0.1, 0.15) is 12.2 Å². The molecule has 2 aliphatic rings. The zero-order chi connectivity index (χ0) is 21.4. The molecule has 0 amide bonds. The third-order valence-corrected chi connectivity index (χ3v) is 6.86. The molecule has 0 N–H and O–H groups in total. The molecule has 2 fully saturated rings. The van der Waals surface area contributed by atoms with Gasteiger partial charge in [-0.25, -0.2) is 9.97 Å². The number of piperidine rings is 2. The quantitative estimate of drug-likeness (QED) is 0.624. The fraction of sp³-hybridized carbons (Fsp3) is 0.583. The summed E-state index contributed by atoms with van der Waals surface area (Å²) in [4.78, 5) is 15.2. The van der Waals surface area contributed by atoms with E-state index in [0.717, 1.165) is 73.4 Å². The molecule has 3 aromatic rings. The van der Waals surface area contributed by atoms with E-state index >= 15 is 0 Å². The Morgan fingerprint density at radius 2 is 1.58 bits per heavy atom. The first-order chi connectivity index (χ1) is 15.1. The van der Waals surface area contributed by atoms with Crippen molar-refractivity contribution in [1.29, 1.82) is 0 Å². The molecule has 2 aromatic heterocycles. The molecule has 4 heterocycles. The molecule has 0 spiro atoms. The van der Waals surface area contributed by atoms with E-state index in [-0.39, 0.29) is 0 Å². The van der Waals surface area contributed by atoms with Gasteiger partial charge in [0.25, 0.3) is 0 Å². The largest absolute Gasteiger partial charge is 0.354 e. The summed E-state index contributed by atoms with van der Waals surface area (Å²) in [5.41, 5.74) is 1.95. The number of aromatic nitrogens is 5. The van der Waals surface area contributed by atoms with Crippen LogP contribution in [0.2, 0.25) is 0 Å². The van der Waals surface area contributed by atoms with E-state index in [4.69, 9.17) is 9.97 Å². The molecule has 2 saturated heterocycles. The second kappa shape index (κ2) is 8.44. The van der Waals surface area contributed by atoms with E-state index in [9.17, 15) is 0 Å². The number of hydrogen-bond donors (Lipinski definition) is 0. The lowest BCUT2D eigenvalue weighted by atomic mass is 9.96. The van der Waals surface area contributed by atoms with Gasteiger partial charge in [0.15, 0.2) is 11.6 Å². The first-order valence-electron chi connectivity index (χ1n) is 11.8. The van der Waals surface area contributed by atoms with Gasteiger partial charge in [-0.05, 0) is 57.6 Å². The second-order valence-corrected chi connectivity index (χ2v) is 9.50. The van der Waals surface area contributed by atoms with E-state index in [1.807, 2.05) is 12.4 Å². The molecule has 1 aromatic carbocycles. The van der Waals surface area contributed by atoms with Crippen LogP contribution >= 0.6 is 0 Å². The number of nitrogens with zero attached hydrogens (tertiary/aromatic N) is 7. The summed E-state index contributed by atoms with van der Waals surface area (Å²) >= 11 is 0. The summed E-state index contributed by atoms with van der Waals surface area (Å²) < 4.78 is 2.22. The summed E-state index contributed by atoms with van der Waals surface area (Å²) in [6, 6.07) is 8.62. The van der Waals surface area contributed by atoms with Crippen molar-refractivity contribution in [2.75, 3.05) is 36.0 Å². The fourth-order valence-electron chi connectivity index (χ4n) is 4.95. The highest BCUT2D eigenvalue weighted by Gasteiger charge is 2.30. The highest BCUT2D eigenvalue weighted by molar-refractivity contribution is 5.81. The van der Waals surface area contributed by atoms with Crippen molar-refractivity contribution in [3.8, 4) is 0 Å². The van der Waals surface area contributed by atoms with Gasteiger partial charge in [-0.15, -0.1) is 10.2 Å². The maximum atomic E-state index is 5.15. The van der Waals surface area contributed by atoms with Crippen LogP contribution in [-0.2, 0) is 0 Å².